The number of halogens is 1. The van der Waals surface area contributed by atoms with Crippen molar-refractivity contribution in [2.75, 3.05) is 0 Å². The molecule has 0 aliphatic heterocycles. The molecular weight excluding hydrogens is 185 g/mol. The topological polar surface area (TPSA) is 50.8 Å². The summed E-state index contributed by atoms with van der Waals surface area (Å²) in [4.78, 5) is 0. The van der Waals surface area contributed by atoms with Gasteiger partial charge in [-0.05, 0) is 6.07 Å². The van der Waals surface area contributed by atoms with Crippen molar-refractivity contribution in [3.63, 3.8) is 0 Å². The molecule has 4 nitrogen and oxygen atoms in total. The minimum Gasteiger partial charge on any atom is -0.470 e. The Kier molecular flexibility index (Phi) is 2.40. The number of aromatic nitrogens is 3. The van der Waals surface area contributed by atoms with Gasteiger partial charge in [-0.15, -0.1) is 5.10 Å². The van der Waals surface area contributed by atoms with Crippen LogP contribution < -0.4 is 4.74 Å². The Morgan fingerprint density at radius 1 is 1.36 bits per heavy atom. The second kappa shape index (κ2) is 3.87. The van der Waals surface area contributed by atoms with Crippen molar-refractivity contribution < 1.29 is 9.13 Å². The first-order chi connectivity index (χ1) is 6.86. The fraction of sp³-hybridized carbons (Fsp3) is 0.111. The van der Waals surface area contributed by atoms with Crippen molar-refractivity contribution >= 4 is 0 Å². The fourth-order valence-corrected chi connectivity index (χ4v) is 1.03. The van der Waals surface area contributed by atoms with Crippen LogP contribution in [0, 0.1) is 5.82 Å². The molecule has 0 bridgehead atoms. The highest BCUT2D eigenvalue weighted by Gasteiger charge is 2.02. The van der Waals surface area contributed by atoms with Crippen LogP contribution in [0.4, 0.5) is 4.39 Å². The molecule has 0 aliphatic rings. The summed E-state index contributed by atoms with van der Waals surface area (Å²) in [6.07, 6.45) is 1.43. The molecule has 0 amide bonds. The number of H-pyrrole nitrogens is 1. The molecule has 0 atom stereocenters. The van der Waals surface area contributed by atoms with Crippen molar-refractivity contribution in [3.8, 4) is 5.88 Å². The monoisotopic (exact) mass is 193 g/mol. The Bertz CT molecular complexity index is 402. The molecule has 5 heteroatoms. The van der Waals surface area contributed by atoms with E-state index in [1.807, 2.05) is 0 Å². The van der Waals surface area contributed by atoms with Crippen molar-refractivity contribution in [2.45, 2.75) is 6.61 Å². The predicted octanol–water partition coefficient (Wildman–Crippen LogP) is 1.52. The van der Waals surface area contributed by atoms with Crippen molar-refractivity contribution in [3.05, 3.63) is 41.8 Å². The number of ether oxygens (including phenoxy) is 1. The van der Waals surface area contributed by atoms with Crippen LogP contribution in [0.3, 0.4) is 0 Å². The molecule has 1 aromatic heterocycles. The number of benzene rings is 1. The lowest BCUT2D eigenvalue weighted by Gasteiger charge is -2.02. The summed E-state index contributed by atoms with van der Waals surface area (Å²) in [5.41, 5.74) is 0.496. The number of aromatic amines is 1. The van der Waals surface area contributed by atoms with E-state index in [0.717, 1.165) is 0 Å². The maximum Gasteiger partial charge on any atom is 0.253 e. The van der Waals surface area contributed by atoms with Gasteiger partial charge in [0, 0.05) is 5.56 Å². The molecule has 0 aliphatic carbocycles. The highest BCUT2D eigenvalue weighted by atomic mass is 19.1. The van der Waals surface area contributed by atoms with Crippen molar-refractivity contribution in [1.82, 2.24) is 15.4 Å². The van der Waals surface area contributed by atoms with E-state index in [9.17, 15) is 4.39 Å². The first-order valence-electron chi connectivity index (χ1n) is 4.08. The van der Waals surface area contributed by atoms with Gasteiger partial charge in [0.2, 0.25) is 0 Å². The summed E-state index contributed by atoms with van der Waals surface area (Å²) in [7, 11) is 0. The largest absolute Gasteiger partial charge is 0.470 e. The highest BCUT2D eigenvalue weighted by Crippen LogP contribution is 2.09. The molecule has 14 heavy (non-hydrogen) atoms. The van der Waals surface area contributed by atoms with Crippen molar-refractivity contribution in [2.24, 2.45) is 0 Å². The standard InChI is InChI=1S/C9H8FN3O/c10-8-4-2-1-3-7(8)6-14-9-5-11-13-12-9/h1-5H,6H2,(H,11,12,13). The van der Waals surface area contributed by atoms with Crippen LogP contribution >= 0.6 is 0 Å². The normalized spacial score (nSPS) is 10.1. The number of rotatable bonds is 3. The van der Waals surface area contributed by atoms with Crippen LogP contribution in [-0.2, 0) is 6.61 Å². The van der Waals surface area contributed by atoms with E-state index in [0.29, 0.717) is 11.4 Å². The number of hydrogen-bond donors (Lipinski definition) is 1. The van der Waals surface area contributed by atoms with Gasteiger partial charge in [0.15, 0.2) is 0 Å². The molecule has 2 rings (SSSR count). The van der Waals surface area contributed by atoms with E-state index < -0.39 is 0 Å². The Labute approximate surface area is 79.7 Å². The lowest BCUT2D eigenvalue weighted by Crippen LogP contribution is -1.98. The van der Waals surface area contributed by atoms with Crippen LogP contribution in [0.2, 0.25) is 0 Å². The summed E-state index contributed by atoms with van der Waals surface area (Å²) in [5.74, 6) is 0.0734. The van der Waals surface area contributed by atoms with E-state index in [1.54, 1.807) is 18.2 Å². The molecule has 2 aromatic rings. The van der Waals surface area contributed by atoms with Crippen LogP contribution in [0.5, 0.6) is 5.88 Å². The lowest BCUT2D eigenvalue weighted by atomic mass is 10.2. The zero-order valence-electron chi connectivity index (χ0n) is 7.27. The van der Waals surface area contributed by atoms with Crippen molar-refractivity contribution in [1.29, 1.82) is 0 Å². The molecule has 0 spiro atoms. The Morgan fingerprint density at radius 2 is 2.21 bits per heavy atom. The summed E-state index contributed by atoms with van der Waals surface area (Å²) >= 11 is 0. The summed E-state index contributed by atoms with van der Waals surface area (Å²) in [6.45, 7) is 0.152. The highest BCUT2D eigenvalue weighted by molar-refractivity contribution is 5.17. The van der Waals surface area contributed by atoms with E-state index in [4.69, 9.17) is 4.74 Å². The van der Waals surface area contributed by atoms with E-state index >= 15 is 0 Å². The third kappa shape index (κ3) is 1.87. The van der Waals surface area contributed by atoms with Gasteiger partial charge >= 0.3 is 0 Å². The lowest BCUT2D eigenvalue weighted by molar-refractivity contribution is 0.287. The Balaban J connectivity index is 2.02. The number of nitrogens with zero attached hydrogens (tertiary/aromatic N) is 2. The minimum atomic E-state index is -0.281. The van der Waals surface area contributed by atoms with Gasteiger partial charge in [-0.1, -0.05) is 18.2 Å². The second-order valence-electron chi connectivity index (χ2n) is 2.69. The van der Waals surface area contributed by atoms with Gasteiger partial charge in [-0.25, -0.2) is 4.39 Å². The molecule has 1 N–H and O–H groups in total. The molecule has 0 fully saturated rings. The first-order valence-corrected chi connectivity index (χ1v) is 4.08. The third-order valence-corrected chi connectivity index (χ3v) is 1.73. The number of nitrogens with one attached hydrogen (secondary N) is 1. The summed E-state index contributed by atoms with van der Waals surface area (Å²) in [5, 5.41) is 9.64. The van der Waals surface area contributed by atoms with Crippen LogP contribution in [0.15, 0.2) is 30.5 Å². The molecule has 1 aromatic carbocycles. The zero-order valence-corrected chi connectivity index (χ0v) is 7.27. The number of hydrogen-bond acceptors (Lipinski definition) is 3. The van der Waals surface area contributed by atoms with Crippen LogP contribution in [0.25, 0.3) is 0 Å². The molecule has 72 valence electrons. The minimum absolute atomic E-state index is 0.152. The SMILES string of the molecule is Fc1ccccc1COc1cn[nH]n1. The average Bonchev–Trinajstić information content (AvgIpc) is 2.69. The van der Waals surface area contributed by atoms with Crippen LogP contribution in [-0.4, -0.2) is 15.4 Å². The Morgan fingerprint density at radius 3 is 2.93 bits per heavy atom. The summed E-state index contributed by atoms with van der Waals surface area (Å²) in [6, 6.07) is 6.44. The van der Waals surface area contributed by atoms with Crippen LogP contribution in [0.1, 0.15) is 5.56 Å². The summed E-state index contributed by atoms with van der Waals surface area (Å²) < 4.78 is 18.3. The Hall–Kier alpha value is -1.91. The molecule has 1 heterocycles. The first kappa shape index (κ1) is 8.68. The maximum atomic E-state index is 13.1. The van der Waals surface area contributed by atoms with Gasteiger partial charge in [0.25, 0.3) is 5.88 Å². The smallest absolute Gasteiger partial charge is 0.253 e. The van der Waals surface area contributed by atoms with Gasteiger partial charge in [-0.3, -0.25) is 0 Å². The quantitative estimate of drug-likeness (QED) is 0.804. The van der Waals surface area contributed by atoms with Gasteiger partial charge in [0.1, 0.15) is 18.6 Å². The molecular formula is C9H8FN3O. The van der Waals surface area contributed by atoms with E-state index in [2.05, 4.69) is 15.4 Å². The molecule has 0 saturated carbocycles. The van der Waals surface area contributed by atoms with Gasteiger partial charge in [-0.2, -0.15) is 10.3 Å². The van der Waals surface area contributed by atoms with Gasteiger partial charge in [0.05, 0.1) is 0 Å². The average molecular weight is 193 g/mol. The third-order valence-electron chi connectivity index (χ3n) is 1.73. The second-order valence-corrected chi connectivity index (χ2v) is 2.69. The van der Waals surface area contributed by atoms with E-state index in [1.165, 1.54) is 12.3 Å². The van der Waals surface area contributed by atoms with E-state index in [-0.39, 0.29) is 12.4 Å². The molecule has 0 saturated heterocycles. The zero-order chi connectivity index (χ0) is 9.80. The maximum absolute atomic E-state index is 13.1. The fourth-order valence-electron chi connectivity index (χ4n) is 1.03. The predicted molar refractivity (Wildman–Crippen MR) is 47.1 cm³/mol. The van der Waals surface area contributed by atoms with Gasteiger partial charge < -0.3 is 4.74 Å². The molecule has 0 radical (unpaired) electrons. The molecule has 0 unspecified atom stereocenters.